The van der Waals surface area contributed by atoms with Crippen LogP contribution in [-0.2, 0) is 10.1 Å². The van der Waals surface area contributed by atoms with Crippen LogP contribution < -0.4 is 4.90 Å². The second-order valence-corrected chi connectivity index (χ2v) is 4.42. The van der Waals surface area contributed by atoms with Crippen molar-refractivity contribution in [3.05, 3.63) is 24.3 Å². The highest BCUT2D eigenvalue weighted by Gasteiger charge is 2.11. The van der Waals surface area contributed by atoms with Crippen LogP contribution in [0.5, 0.6) is 0 Å². The smallest absolute Gasteiger partial charge is 0.294 e. The van der Waals surface area contributed by atoms with Crippen molar-refractivity contribution in [2.24, 2.45) is 0 Å². The van der Waals surface area contributed by atoms with Crippen molar-refractivity contribution in [1.82, 2.24) is 0 Å². The van der Waals surface area contributed by atoms with Crippen LogP contribution >= 0.6 is 0 Å². The summed E-state index contributed by atoms with van der Waals surface area (Å²) in [7, 11) is -0.316. The van der Waals surface area contributed by atoms with E-state index >= 15 is 0 Å². The molecule has 6 heteroatoms. The molecule has 1 rings (SSSR count). The van der Waals surface area contributed by atoms with Gasteiger partial charge in [-0.15, -0.1) is 0 Å². The van der Waals surface area contributed by atoms with E-state index in [9.17, 15) is 8.42 Å². The number of rotatable bonds is 2. The highest BCUT2D eigenvalue weighted by molar-refractivity contribution is 7.85. The van der Waals surface area contributed by atoms with Crippen molar-refractivity contribution >= 4 is 15.8 Å². The maximum absolute atomic E-state index is 10.8. The molecule has 0 radical (unpaired) electrons. The molecule has 0 fully saturated rings. The van der Waals surface area contributed by atoms with Crippen LogP contribution in [0.3, 0.4) is 0 Å². The largest absolute Gasteiger partial charge is 0.870 e. The Labute approximate surface area is 83.0 Å². The van der Waals surface area contributed by atoms with Gasteiger partial charge in [-0.05, 0) is 12.1 Å². The quantitative estimate of drug-likeness (QED) is 0.658. The molecular formula is C8H13NO4S. The van der Waals surface area contributed by atoms with Gasteiger partial charge in [0.25, 0.3) is 10.1 Å². The second kappa shape index (κ2) is 4.52. The Balaban J connectivity index is 0.00000169. The Morgan fingerprint density at radius 2 is 1.86 bits per heavy atom. The van der Waals surface area contributed by atoms with E-state index in [1.54, 1.807) is 12.1 Å². The van der Waals surface area contributed by atoms with Gasteiger partial charge in [0.1, 0.15) is 5.69 Å². The highest BCUT2D eigenvalue weighted by atomic mass is 32.2. The second-order valence-electron chi connectivity index (χ2n) is 3.00. The Kier molecular flexibility index (Phi) is 4.21. The minimum atomic E-state index is -4.07. The van der Waals surface area contributed by atoms with Crippen molar-refractivity contribution in [1.29, 1.82) is 0 Å². The lowest BCUT2D eigenvalue weighted by Gasteiger charge is -2.06. The molecule has 0 saturated carbocycles. The summed E-state index contributed by atoms with van der Waals surface area (Å²) < 4.78 is 30.3. The van der Waals surface area contributed by atoms with Gasteiger partial charge in [0, 0.05) is 6.07 Å². The number of benzene rings is 1. The van der Waals surface area contributed by atoms with Crippen molar-refractivity contribution in [2.45, 2.75) is 4.90 Å². The summed E-state index contributed by atoms with van der Waals surface area (Å²) in [5.41, 5.74) is 0.815. The highest BCUT2D eigenvalue weighted by Crippen LogP contribution is 2.11. The molecule has 5 nitrogen and oxygen atoms in total. The molecule has 14 heavy (non-hydrogen) atoms. The van der Waals surface area contributed by atoms with Crippen LogP contribution in [0.25, 0.3) is 0 Å². The SMILES string of the molecule is C[NH+](C)c1cccc(S(=O)(=O)O)c1.[OH-]. The Morgan fingerprint density at radius 3 is 2.29 bits per heavy atom. The fourth-order valence-electron chi connectivity index (χ4n) is 0.968. The minimum Gasteiger partial charge on any atom is -0.870 e. The van der Waals surface area contributed by atoms with Gasteiger partial charge >= 0.3 is 0 Å². The average molecular weight is 219 g/mol. The van der Waals surface area contributed by atoms with Gasteiger partial charge in [-0.3, -0.25) is 4.55 Å². The van der Waals surface area contributed by atoms with Crippen LogP contribution in [0.15, 0.2) is 29.2 Å². The van der Waals surface area contributed by atoms with E-state index in [0.29, 0.717) is 0 Å². The zero-order valence-corrected chi connectivity index (χ0v) is 8.75. The summed E-state index contributed by atoms with van der Waals surface area (Å²) in [5.74, 6) is 0. The Morgan fingerprint density at radius 1 is 1.29 bits per heavy atom. The van der Waals surface area contributed by atoms with Gasteiger partial charge in [-0.2, -0.15) is 8.42 Å². The molecule has 0 aromatic heterocycles. The van der Waals surface area contributed by atoms with Crippen LogP contribution in [-0.4, -0.2) is 32.5 Å². The first kappa shape index (κ1) is 13.1. The summed E-state index contributed by atoms with van der Waals surface area (Å²) in [6.07, 6.45) is 0. The van der Waals surface area contributed by atoms with Crippen molar-refractivity contribution < 1.29 is 23.3 Å². The molecule has 0 spiro atoms. The third kappa shape index (κ3) is 3.08. The van der Waals surface area contributed by atoms with Crippen LogP contribution in [0.1, 0.15) is 0 Å². The van der Waals surface area contributed by atoms with Crippen LogP contribution in [0, 0.1) is 0 Å². The normalized spacial score (nSPS) is 11.1. The summed E-state index contributed by atoms with van der Waals surface area (Å²) in [4.78, 5) is 0.941. The van der Waals surface area contributed by atoms with E-state index in [1.807, 2.05) is 14.1 Å². The molecule has 80 valence electrons. The summed E-state index contributed by atoms with van der Waals surface area (Å²) >= 11 is 0. The summed E-state index contributed by atoms with van der Waals surface area (Å²) in [6, 6.07) is 6.21. The molecule has 1 aromatic carbocycles. The monoisotopic (exact) mass is 219 g/mol. The molecule has 0 unspecified atom stereocenters. The molecule has 0 bridgehead atoms. The molecule has 0 heterocycles. The standard InChI is InChI=1S/C8H11NO3S.H2O/c1-9(2)7-4-3-5-8(6-7)13(10,11)12;/h3-6H,1-2H3,(H,10,11,12);1H2. The van der Waals surface area contributed by atoms with Crippen molar-refractivity contribution in [3.63, 3.8) is 0 Å². The van der Waals surface area contributed by atoms with Gasteiger partial charge in [0.05, 0.1) is 19.0 Å². The van der Waals surface area contributed by atoms with Gasteiger partial charge in [-0.1, -0.05) is 6.07 Å². The van der Waals surface area contributed by atoms with E-state index in [2.05, 4.69) is 0 Å². The lowest BCUT2D eigenvalue weighted by Crippen LogP contribution is -3.00. The molecular weight excluding hydrogens is 206 g/mol. The molecule has 0 saturated heterocycles. The summed E-state index contributed by atoms with van der Waals surface area (Å²) in [5, 5.41) is 0. The van der Waals surface area contributed by atoms with E-state index in [4.69, 9.17) is 4.55 Å². The van der Waals surface area contributed by atoms with Gasteiger partial charge in [0.2, 0.25) is 0 Å². The third-order valence-electron chi connectivity index (χ3n) is 1.71. The first-order chi connectivity index (χ1) is 5.91. The molecule has 0 aliphatic heterocycles. The number of hydrogen-bond acceptors (Lipinski definition) is 3. The predicted molar refractivity (Wildman–Crippen MR) is 50.7 cm³/mol. The number of quaternary nitrogens is 1. The fourth-order valence-corrected chi connectivity index (χ4v) is 1.49. The van der Waals surface area contributed by atoms with Crippen LogP contribution in [0.2, 0.25) is 0 Å². The first-order valence-corrected chi connectivity index (χ1v) is 5.23. The van der Waals surface area contributed by atoms with E-state index in [1.165, 1.54) is 12.1 Å². The molecule has 3 N–H and O–H groups in total. The molecule has 1 aromatic rings. The molecule has 0 amide bonds. The number of hydrogen-bond donors (Lipinski definition) is 2. The maximum Gasteiger partial charge on any atom is 0.294 e. The molecule has 0 atom stereocenters. The zero-order valence-electron chi connectivity index (χ0n) is 7.93. The predicted octanol–water partition coefficient (Wildman–Crippen LogP) is -0.467. The Hall–Kier alpha value is -0.950. The molecule has 0 aliphatic rings. The topological polar surface area (TPSA) is 88.8 Å². The van der Waals surface area contributed by atoms with Crippen molar-refractivity contribution in [3.8, 4) is 0 Å². The fraction of sp³-hybridized carbons (Fsp3) is 0.250. The lowest BCUT2D eigenvalue weighted by molar-refractivity contribution is -0.786. The average Bonchev–Trinajstić information content (AvgIpc) is 2.03. The third-order valence-corrected chi connectivity index (χ3v) is 2.56. The molecule has 0 aliphatic carbocycles. The number of nitrogens with one attached hydrogen (secondary N) is 1. The first-order valence-electron chi connectivity index (χ1n) is 3.79. The van der Waals surface area contributed by atoms with E-state index in [-0.39, 0.29) is 10.4 Å². The van der Waals surface area contributed by atoms with E-state index in [0.717, 1.165) is 10.6 Å². The van der Waals surface area contributed by atoms with E-state index < -0.39 is 10.1 Å². The Bertz CT molecular complexity index is 400. The zero-order chi connectivity index (χ0) is 10.1. The van der Waals surface area contributed by atoms with Gasteiger partial charge in [0.15, 0.2) is 0 Å². The summed E-state index contributed by atoms with van der Waals surface area (Å²) in [6.45, 7) is 0. The maximum atomic E-state index is 10.8. The van der Waals surface area contributed by atoms with Crippen molar-refractivity contribution in [2.75, 3.05) is 14.1 Å². The lowest BCUT2D eigenvalue weighted by atomic mass is 10.3. The van der Waals surface area contributed by atoms with Gasteiger partial charge < -0.3 is 10.4 Å². The minimum absolute atomic E-state index is 0. The van der Waals surface area contributed by atoms with Crippen LogP contribution in [0.4, 0.5) is 5.69 Å². The van der Waals surface area contributed by atoms with Gasteiger partial charge in [-0.25, -0.2) is 0 Å².